The summed E-state index contributed by atoms with van der Waals surface area (Å²) < 4.78 is 5.43. The number of aromatic nitrogens is 1. The van der Waals surface area contributed by atoms with Crippen LogP contribution >= 0.6 is 0 Å². The number of nitrogens with one attached hydrogen (secondary N) is 1. The number of nitrogens with zero attached hydrogens (tertiary/aromatic N) is 2. The minimum atomic E-state index is -0.0359. The summed E-state index contributed by atoms with van der Waals surface area (Å²) in [6.07, 6.45) is 5.25. The van der Waals surface area contributed by atoms with Crippen molar-refractivity contribution in [2.24, 2.45) is 5.92 Å². The molecule has 1 fully saturated rings. The van der Waals surface area contributed by atoms with Crippen molar-refractivity contribution in [1.82, 2.24) is 15.2 Å². The van der Waals surface area contributed by atoms with E-state index >= 15 is 0 Å². The summed E-state index contributed by atoms with van der Waals surface area (Å²) in [5.74, 6) is 0.948. The van der Waals surface area contributed by atoms with Crippen molar-refractivity contribution in [3.05, 3.63) is 59.9 Å². The van der Waals surface area contributed by atoms with E-state index in [4.69, 9.17) is 4.74 Å². The maximum absolute atomic E-state index is 12.6. The number of hydrogen-bond acceptors (Lipinski definition) is 4. The summed E-state index contributed by atoms with van der Waals surface area (Å²) in [6.45, 7) is 4.31. The molecule has 2 aromatic rings. The SMILES string of the molecule is CCOc1ccc(CC(=O)N2CCC(C(=O)NCc3cccnc3)CC2)cc1. The molecular formula is C22H27N3O3. The van der Waals surface area contributed by atoms with E-state index in [9.17, 15) is 9.59 Å². The van der Waals surface area contributed by atoms with E-state index in [-0.39, 0.29) is 17.7 Å². The van der Waals surface area contributed by atoms with Crippen LogP contribution in [0.15, 0.2) is 48.8 Å². The Morgan fingerprint density at radius 3 is 2.54 bits per heavy atom. The number of hydrogen-bond donors (Lipinski definition) is 1. The van der Waals surface area contributed by atoms with E-state index in [1.165, 1.54) is 0 Å². The summed E-state index contributed by atoms with van der Waals surface area (Å²) in [6, 6.07) is 11.4. The number of piperidine rings is 1. The van der Waals surface area contributed by atoms with Crippen molar-refractivity contribution in [3.8, 4) is 5.75 Å². The number of pyridine rings is 1. The number of rotatable bonds is 7. The fourth-order valence-electron chi connectivity index (χ4n) is 3.38. The molecule has 6 nitrogen and oxygen atoms in total. The molecule has 0 saturated carbocycles. The topological polar surface area (TPSA) is 71.5 Å². The molecule has 0 bridgehead atoms. The van der Waals surface area contributed by atoms with E-state index < -0.39 is 0 Å². The highest BCUT2D eigenvalue weighted by molar-refractivity contribution is 5.81. The van der Waals surface area contributed by atoms with Gasteiger partial charge in [0.15, 0.2) is 0 Å². The Kier molecular flexibility index (Phi) is 7.00. The van der Waals surface area contributed by atoms with Gasteiger partial charge in [-0.15, -0.1) is 0 Å². The monoisotopic (exact) mass is 381 g/mol. The largest absolute Gasteiger partial charge is 0.494 e. The Morgan fingerprint density at radius 2 is 1.89 bits per heavy atom. The lowest BCUT2D eigenvalue weighted by Gasteiger charge is -2.31. The molecule has 3 rings (SSSR count). The van der Waals surface area contributed by atoms with Gasteiger partial charge in [-0.2, -0.15) is 0 Å². The summed E-state index contributed by atoms with van der Waals surface area (Å²) in [7, 11) is 0. The van der Waals surface area contributed by atoms with Crippen LogP contribution in [-0.2, 0) is 22.6 Å². The molecule has 1 aliphatic heterocycles. The minimum absolute atomic E-state index is 0.0359. The molecule has 2 amide bonds. The minimum Gasteiger partial charge on any atom is -0.494 e. The zero-order valence-electron chi connectivity index (χ0n) is 16.3. The number of ether oxygens (including phenoxy) is 1. The lowest BCUT2D eigenvalue weighted by Crippen LogP contribution is -2.43. The lowest BCUT2D eigenvalue weighted by atomic mass is 9.95. The molecule has 1 saturated heterocycles. The van der Waals surface area contributed by atoms with Gasteiger partial charge >= 0.3 is 0 Å². The van der Waals surface area contributed by atoms with Crippen LogP contribution in [0.1, 0.15) is 30.9 Å². The second kappa shape index (κ2) is 9.88. The van der Waals surface area contributed by atoms with Crippen LogP contribution in [0.25, 0.3) is 0 Å². The average molecular weight is 381 g/mol. The molecular weight excluding hydrogens is 354 g/mol. The molecule has 148 valence electrons. The second-order valence-corrected chi connectivity index (χ2v) is 6.99. The summed E-state index contributed by atoms with van der Waals surface area (Å²) in [5.41, 5.74) is 1.96. The Bertz CT molecular complexity index is 769. The molecule has 1 aromatic carbocycles. The quantitative estimate of drug-likeness (QED) is 0.800. The smallest absolute Gasteiger partial charge is 0.226 e. The Morgan fingerprint density at radius 1 is 1.14 bits per heavy atom. The highest BCUT2D eigenvalue weighted by atomic mass is 16.5. The summed E-state index contributed by atoms with van der Waals surface area (Å²) in [4.78, 5) is 30.8. The van der Waals surface area contributed by atoms with Gasteiger partial charge in [0.1, 0.15) is 5.75 Å². The summed E-state index contributed by atoms with van der Waals surface area (Å²) >= 11 is 0. The van der Waals surface area contributed by atoms with Crippen molar-refractivity contribution in [3.63, 3.8) is 0 Å². The van der Waals surface area contributed by atoms with Gasteiger partial charge in [-0.05, 0) is 49.1 Å². The van der Waals surface area contributed by atoms with Crippen LogP contribution in [0.2, 0.25) is 0 Å². The van der Waals surface area contributed by atoms with E-state index in [1.807, 2.05) is 48.2 Å². The lowest BCUT2D eigenvalue weighted by molar-refractivity contribution is -0.135. The van der Waals surface area contributed by atoms with Crippen molar-refractivity contribution in [2.75, 3.05) is 19.7 Å². The maximum atomic E-state index is 12.6. The Hall–Kier alpha value is -2.89. The number of benzene rings is 1. The molecule has 0 atom stereocenters. The first kappa shape index (κ1) is 19.9. The van der Waals surface area contributed by atoms with Gasteiger partial charge in [0.25, 0.3) is 0 Å². The van der Waals surface area contributed by atoms with E-state index in [1.54, 1.807) is 12.4 Å². The molecule has 1 aromatic heterocycles. The van der Waals surface area contributed by atoms with E-state index in [0.29, 0.717) is 45.5 Å². The number of carbonyl (C=O) groups is 2. The van der Waals surface area contributed by atoms with Crippen LogP contribution in [0.4, 0.5) is 0 Å². The first-order chi connectivity index (χ1) is 13.7. The van der Waals surface area contributed by atoms with E-state index in [0.717, 1.165) is 16.9 Å². The number of likely N-dealkylation sites (tertiary alicyclic amines) is 1. The fraction of sp³-hybridized carbons (Fsp3) is 0.409. The van der Waals surface area contributed by atoms with Gasteiger partial charge in [0, 0.05) is 37.9 Å². The van der Waals surface area contributed by atoms with Crippen molar-refractivity contribution in [1.29, 1.82) is 0 Å². The third-order valence-electron chi connectivity index (χ3n) is 5.00. The van der Waals surface area contributed by atoms with Crippen LogP contribution in [0.5, 0.6) is 5.75 Å². The molecule has 0 radical (unpaired) electrons. The number of amides is 2. The van der Waals surface area contributed by atoms with E-state index in [2.05, 4.69) is 10.3 Å². The summed E-state index contributed by atoms with van der Waals surface area (Å²) in [5, 5.41) is 2.97. The molecule has 28 heavy (non-hydrogen) atoms. The molecule has 0 unspecified atom stereocenters. The van der Waals surface area contributed by atoms with Crippen molar-refractivity contribution in [2.45, 2.75) is 32.7 Å². The second-order valence-electron chi connectivity index (χ2n) is 6.99. The zero-order chi connectivity index (χ0) is 19.8. The third kappa shape index (κ3) is 5.55. The van der Waals surface area contributed by atoms with Gasteiger partial charge in [-0.3, -0.25) is 14.6 Å². The van der Waals surface area contributed by atoms with Gasteiger partial charge in [-0.1, -0.05) is 18.2 Å². The van der Waals surface area contributed by atoms with Gasteiger partial charge in [-0.25, -0.2) is 0 Å². The predicted octanol–water partition coefficient (Wildman–Crippen LogP) is 2.58. The molecule has 0 spiro atoms. The fourth-order valence-corrected chi connectivity index (χ4v) is 3.38. The number of carbonyl (C=O) groups excluding carboxylic acids is 2. The highest BCUT2D eigenvalue weighted by Crippen LogP contribution is 2.19. The average Bonchev–Trinajstić information content (AvgIpc) is 2.74. The Labute approximate surface area is 165 Å². The molecule has 2 heterocycles. The zero-order valence-corrected chi connectivity index (χ0v) is 16.3. The molecule has 1 N–H and O–H groups in total. The van der Waals surface area contributed by atoms with Crippen LogP contribution in [0.3, 0.4) is 0 Å². The molecule has 1 aliphatic rings. The van der Waals surface area contributed by atoms with Crippen LogP contribution in [-0.4, -0.2) is 41.4 Å². The predicted molar refractivity (Wildman–Crippen MR) is 107 cm³/mol. The standard InChI is InChI=1S/C22H27N3O3/c1-2-28-20-7-5-17(6-8-20)14-21(26)25-12-9-19(10-13-25)22(27)24-16-18-4-3-11-23-15-18/h3-8,11,15,19H,2,9-10,12-14,16H2,1H3,(H,24,27). The molecule has 0 aliphatic carbocycles. The van der Waals surface area contributed by atoms with Crippen LogP contribution < -0.4 is 10.1 Å². The first-order valence-corrected chi connectivity index (χ1v) is 9.82. The molecule has 6 heteroatoms. The normalized spacial score (nSPS) is 14.5. The van der Waals surface area contributed by atoms with Gasteiger partial charge in [0.2, 0.25) is 11.8 Å². The Balaban J connectivity index is 1.42. The van der Waals surface area contributed by atoms with Gasteiger partial charge in [0.05, 0.1) is 13.0 Å². The van der Waals surface area contributed by atoms with Crippen molar-refractivity contribution < 1.29 is 14.3 Å². The first-order valence-electron chi connectivity index (χ1n) is 9.82. The van der Waals surface area contributed by atoms with Crippen molar-refractivity contribution >= 4 is 11.8 Å². The maximum Gasteiger partial charge on any atom is 0.226 e. The highest BCUT2D eigenvalue weighted by Gasteiger charge is 2.27. The van der Waals surface area contributed by atoms with Crippen LogP contribution in [0, 0.1) is 5.92 Å². The third-order valence-corrected chi connectivity index (χ3v) is 5.00. The van der Waals surface area contributed by atoms with Gasteiger partial charge < -0.3 is 15.0 Å².